The SMILES string of the molecule is CCCN(Cc1ncnn1CCC)C1CCC(N)CC1. The van der Waals surface area contributed by atoms with Crippen LogP contribution < -0.4 is 5.73 Å². The van der Waals surface area contributed by atoms with Crippen molar-refractivity contribution in [1.29, 1.82) is 0 Å². The van der Waals surface area contributed by atoms with E-state index in [1.807, 2.05) is 0 Å². The van der Waals surface area contributed by atoms with Gasteiger partial charge in [0.15, 0.2) is 0 Å². The Hall–Kier alpha value is -0.940. The molecule has 20 heavy (non-hydrogen) atoms. The second kappa shape index (κ2) is 7.74. The van der Waals surface area contributed by atoms with Crippen molar-refractivity contribution >= 4 is 0 Å². The lowest BCUT2D eigenvalue weighted by atomic mass is 9.90. The first kappa shape index (κ1) is 15.4. The molecule has 0 bridgehead atoms. The summed E-state index contributed by atoms with van der Waals surface area (Å²) in [6.07, 6.45) is 8.74. The maximum absolute atomic E-state index is 6.03. The van der Waals surface area contributed by atoms with Gasteiger partial charge in [0.2, 0.25) is 0 Å². The van der Waals surface area contributed by atoms with Crippen LogP contribution >= 0.6 is 0 Å². The molecule has 1 fully saturated rings. The van der Waals surface area contributed by atoms with Crippen molar-refractivity contribution < 1.29 is 0 Å². The molecule has 0 aliphatic heterocycles. The minimum atomic E-state index is 0.415. The van der Waals surface area contributed by atoms with Gasteiger partial charge < -0.3 is 5.73 Å². The summed E-state index contributed by atoms with van der Waals surface area (Å²) < 4.78 is 2.05. The fraction of sp³-hybridized carbons (Fsp3) is 0.867. The molecule has 1 aliphatic rings. The van der Waals surface area contributed by atoms with Gasteiger partial charge in [0.1, 0.15) is 12.2 Å². The molecule has 0 aromatic carbocycles. The summed E-state index contributed by atoms with van der Waals surface area (Å²) in [4.78, 5) is 7.04. The van der Waals surface area contributed by atoms with E-state index in [0.29, 0.717) is 12.1 Å². The number of rotatable bonds is 7. The van der Waals surface area contributed by atoms with Crippen LogP contribution in [0, 0.1) is 0 Å². The third-order valence-corrected chi connectivity index (χ3v) is 4.24. The van der Waals surface area contributed by atoms with E-state index in [-0.39, 0.29) is 0 Å². The van der Waals surface area contributed by atoms with Gasteiger partial charge >= 0.3 is 0 Å². The number of nitrogens with zero attached hydrogens (tertiary/aromatic N) is 4. The van der Waals surface area contributed by atoms with Crippen molar-refractivity contribution in [1.82, 2.24) is 19.7 Å². The fourth-order valence-electron chi connectivity index (χ4n) is 3.14. The predicted molar refractivity (Wildman–Crippen MR) is 81.2 cm³/mol. The molecule has 5 heteroatoms. The normalized spacial score (nSPS) is 23.4. The zero-order valence-corrected chi connectivity index (χ0v) is 13.0. The van der Waals surface area contributed by atoms with Crippen molar-refractivity contribution in [3.8, 4) is 0 Å². The molecule has 114 valence electrons. The number of hydrogen-bond donors (Lipinski definition) is 1. The quantitative estimate of drug-likeness (QED) is 0.831. The van der Waals surface area contributed by atoms with Gasteiger partial charge in [-0.2, -0.15) is 5.10 Å². The van der Waals surface area contributed by atoms with Gasteiger partial charge in [0.05, 0.1) is 6.54 Å². The lowest BCUT2D eigenvalue weighted by molar-refractivity contribution is 0.136. The Morgan fingerprint density at radius 2 is 2.00 bits per heavy atom. The highest BCUT2D eigenvalue weighted by Gasteiger charge is 2.24. The van der Waals surface area contributed by atoms with Crippen LogP contribution in [0.4, 0.5) is 0 Å². The van der Waals surface area contributed by atoms with Gasteiger partial charge in [-0.05, 0) is 45.1 Å². The number of nitrogens with two attached hydrogens (primary N) is 1. The molecule has 0 spiro atoms. The molecule has 0 saturated heterocycles. The second-order valence-corrected chi connectivity index (χ2v) is 5.94. The first-order valence-electron chi connectivity index (χ1n) is 8.10. The molecule has 1 aromatic rings. The summed E-state index contributed by atoms with van der Waals surface area (Å²) in [6, 6.07) is 1.08. The summed E-state index contributed by atoms with van der Waals surface area (Å²) in [5, 5.41) is 4.34. The van der Waals surface area contributed by atoms with Crippen LogP contribution in [0.15, 0.2) is 6.33 Å². The van der Waals surface area contributed by atoms with Crippen molar-refractivity contribution in [2.75, 3.05) is 6.54 Å². The first-order valence-corrected chi connectivity index (χ1v) is 8.10. The van der Waals surface area contributed by atoms with E-state index < -0.39 is 0 Å². The van der Waals surface area contributed by atoms with Crippen LogP contribution in [-0.2, 0) is 13.1 Å². The summed E-state index contributed by atoms with van der Waals surface area (Å²) >= 11 is 0. The number of aryl methyl sites for hydroxylation is 1. The monoisotopic (exact) mass is 279 g/mol. The summed E-state index contributed by atoms with van der Waals surface area (Å²) in [7, 11) is 0. The van der Waals surface area contributed by atoms with Crippen LogP contribution in [0.5, 0.6) is 0 Å². The van der Waals surface area contributed by atoms with Gasteiger partial charge in [-0.15, -0.1) is 0 Å². The minimum absolute atomic E-state index is 0.415. The topological polar surface area (TPSA) is 60.0 Å². The maximum atomic E-state index is 6.03. The molecule has 2 N–H and O–H groups in total. The van der Waals surface area contributed by atoms with Crippen LogP contribution in [0.2, 0.25) is 0 Å². The molecule has 0 unspecified atom stereocenters. The van der Waals surface area contributed by atoms with E-state index in [2.05, 4.69) is 33.5 Å². The highest BCUT2D eigenvalue weighted by molar-refractivity contribution is 4.88. The molecule has 0 atom stereocenters. The molecular formula is C15H29N5. The Labute approximate surface area is 122 Å². The molecule has 2 rings (SSSR count). The summed E-state index contributed by atoms with van der Waals surface area (Å²) in [6.45, 7) is 7.45. The molecular weight excluding hydrogens is 250 g/mol. The molecule has 5 nitrogen and oxygen atoms in total. The lowest BCUT2D eigenvalue weighted by Gasteiger charge is -2.35. The third-order valence-electron chi connectivity index (χ3n) is 4.24. The molecule has 1 saturated carbocycles. The van der Waals surface area contributed by atoms with Gasteiger partial charge in [-0.1, -0.05) is 13.8 Å². The molecule has 1 aromatic heterocycles. The Morgan fingerprint density at radius 3 is 2.65 bits per heavy atom. The zero-order chi connectivity index (χ0) is 14.4. The number of hydrogen-bond acceptors (Lipinski definition) is 4. The van der Waals surface area contributed by atoms with Crippen LogP contribution in [0.3, 0.4) is 0 Å². The Balaban J connectivity index is 1.99. The van der Waals surface area contributed by atoms with E-state index in [1.54, 1.807) is 6.33 Å². The maximum Gasteiger partial charge on any atom is 0.141 e. The van der Waals surface area contributed by atoms with E-state index >= 15 is 0 Å². The van der Waals surface area contributed by atoms with E-state index in [0.717, 1.165) is 44.7 Å². The van der Waals surface area contributed by atoms with Crippen LogP contribution in [0.1, 0.15) is 58.2 Å². The Kier molecular flexibility index (Phi) is 5.98. The zero-order valence-electron chi connectivity index (χ0n) is 13.0. The van der Waals surface area contributed by atoms with E-state index in [1.165, 1.54) is 19.3 Å². The average Bonchev–Trinajstić information content (AvgIpc) is 2.87. The Morgan fingerprint density at radius 1 is 1.25 bits per heavy atom. The summed E-state index contributed by atoms with van der Waals surface area (Å²) in [5.41, 5.74) is 6.03. The van der Waals surface area contributed by atoms with Gasteiger partial charge in [-0.3, -0.25) is 4.90 Å². The Bertz CT molecular complexity index is 381. The van der Waals surface area contributed by atoms with Gasteiger partial charge in [0.25, 0.3) is 0 Å². The fourth-order valence-corrected chi connectivity index (χ4v) is 3.14. The molecule has 0 amide bonds. The lowest BCUT2D eigenvalue weighted by Crippen LogP contribution is -2.41. The largest absolute Gasteiger partial charge is 0.328 e. The van der Waals surface area contributed by atoms with E-state index in [4.69, 9.17) is 5.73 Å². The van der Waals surface area contributed by atoms with Crippen LogP contribution in [0.25, 0.3) is 0 Å². The number of aromatic nitrogens is 3. The van der Waals surface area contributed by atoms with Gasteiger partial charge in [-0.25, -0.2) is 9.67 Å². The minimum Gasteiger partial charge on any atom is -0.328 e. The van der Waals surface area contributed by atoms with Crippen molar-refractivity contribution in [2.24, 2.45) is 5.73 Å². The molecule has 1 aliphatic carbocycles. The predicted octanol–water partition coefficient (Wildman–Crippen LogP) is 2.17. The molecule has 0 radical (unpaired) electrons. The third kappa shape index (κ3) is 4.03. The highest BCUT2D eigenvalue weighted by atomic mass is 15.3. The smallest absolute Gasteiger partial charge is 0.141 e. The van der Waals surface area contributed by atoms with E-state index in [9.17, 15) is 0 Å². The van der Waals surface area contributed by atoms with Crippen molar-refractivity contribution in [3.63, 3.8) is 0 Å². The van der Waals surface area contributed by atoms with Gasteiger partial charge in [0, 0.05) is 18.6 Å². The summed E-state index contributed by atoms with van der Waals surface area (Å²) in [5.74, 6) is 1.11. The first-order chi connectivity index (χ1) is 9.74. The van der Waals surface area contributed by atoms with Crippen molar-refractivity contribution in [3.05, 3.63) is 12.2 Å². The highest BCUT2D eigenvalue weighted by Crippen LogP contribution is 2.23. The second-order valence-electron chi connectivity index (χ2n) is 5.94. The van der Waals surface area contributed by atoms with Crippen molar-refractivity contribution in [2.45, 2.75) is 77.5 Å². The molecule has 1 heterocycles. The average molecular weight is 279 g/mol. The van der Waals surface area contributed by atoms with Crippen LogP contribution in [-0.4, -0.2) is 38.3 Å². The standard InChI is InChI=1S/C15H29N5/c1-3-9-19(14-7-5-13(16)6-8-14)11-15-17-12-18-20(15)10-4-2/h12-14H,3-11,16H2,1-2H3.